The zero-order valence-electron chi connectivity index (χ0n) is 12.5. The van der Waals surface area contributed by atoms with Gasteiger partial charge in [0.15, 0.2) is 0 Å². The fourth-order valence-corrected chi connectivity index (χ4v) is 3.23. The smallest absolute Gasteiger partial charge is 0.272 e. The average Bonchev–Trinajstić information content (AvgIpc) is 2.41. The van der Waals surface area contributed by atoms with Crippen LogP contribution in [0, 0.1) is 24.0 Å². The van der Waals surface area contributed by atoms with Crippen LogP contribution >= 0.6 is 15.9 Å². The van der Waals surface area contributed by atoms with Crippen molar-refractivity contribution in [3.63, 3.8) is 0 Å². The second-order valence-corrected chi connectivity index (χ2v) is 6.58. The van der Waals surface area contributed by atoms with Gasteiger partial charge in [0.1, 0.15) is 18.0 Å². The summed E-state index contributed by atoms with van der Waals surface area (Å²) in [4.78, 5) is 10.9. The average molecular weight is 358 g/mol. The molecule has 0 aromatic heterocycles. The van der Waals surface area contributed by atoms with E-state index in [9.17, 15) is 10.1 Å². The molecule has 1 aromatic rings. The number of hydrogen-bond donors (Lipinski definition) is 0. The van der Waals surface area contributed by atoms with Crippen LogP contribution < -0.4 is 4.74 Å². The molecular weight excluding hydrogens is 338 g/mol. The first-order valence-electron chi connectivity index (χ1n) is 7.12. The number of halogens is 1. The highest BCUT2D eigenvalue weighted by atomic mass is 79.9. The highest BCUT2D eigenvalue weighted by Crippen LogP contribution is 2.36. The van der Waals surface area contributed by atoms with E-state index in [1.54, 1.807) is 19.1 Å². The number of benzene rings is 1. The van der Waals surface area contributed by atoms with Crippen molar-refractivity contribution in [2.75, 3.05) is 6.61 Å². The molecule has 6 heteroatoms. The van der Waals surface area contributed by atoms with Gasteiger partial charge in [0.25, 0.3) is 5.69 Å². The Hall–Kier alpha value is -1.14. The lowest BCUT2D eigenvalue weighted by molar-refractivity contribution is -0.385. The standard InChI is InChI=1S/C15H20BrNO4/c1-4-5-20-15-11(16)8-14(15)21-13-7-9(2)12(17(18)19)6-10(13)3/h6-7,11,14-15H,4-5,8H2,1-3H3. The summed E-state index contributed by atoms with van der Waals surface area (Å²) in [5.74, 6) is 0.701. The number of aryl methyl sites for hydroxylation is 2. The Balaban J connectivity index is 2.09. The van der Waals surface area contributed by atoms with Gasteiger partial charge in [0, 0.05) is 29.5 Å². The van der Waals surface area contributed by atoms with Gasteiger partial charge in [-0.3, -0.25) is 10.1 Å². The third kappa shape index (κ3) is 3.55. The molecule has 0 N–H and O–H groups in total. The van der Waals surface area contributed by atoms with Crippen molar-refractivity contribution >= 4 is 21.6 Å². The second-order valence-electron chi connectivity index (χ2n) is 5.40. The molecule has 1 aromatic carbocycles. The molecule has 0 saturated heterocycles. The van der Waals surface area contributed by atoms with Gasteiger partial charge in [-0.2, -0.15) is 0 Å². The quantitative estimate of drug-likeness (QED) is 0.439. The van der Waals surface area contributed by atoms with Gasteiger partial charge in [-0.15, -0.1) is 0 Å². The summed E-state index contributed by atoms with van der Waals surface area (Å²) in [6.45, 7) is 6.34. The molecule has 1 aliphatic carbocycles. The minimum absolute atomic E-state index is 0.000445. The van der Waals surface area contributed by atoms with Crippen molar-refractivity contribution < 1.29 is 14.4 Å². The number of nitro groups is 1. The molecule has 0 spiro atoms. The third-order valence-corrected chi connectivity index (χ3v) is 4.56. The highest BCUT2D eigenvalue weighted by Gasteiger charge is 2.42. The number of nitrogens with zero attached hydrogens (tertiary/aromatic N) is 1. The Labute approximate surface area is 132 Å². The van der Waals surface area contributed by atoms with Gasteiger partial charge in [-0.1, -0.05) is 22.9 Å². The number of ether oxygens (including phenoxy) is 2. The molecule has 0 aliphatic heterocycles. The predicted molar refractivity (Wildman–Crippen MR) is 84.3 cm³/mol. The lowest BCUT2D eigenvalue weighted by Gasteiger charge is -2.41. The van der Waals surface area contributed by atoms with E-state index in [2.05, 4.69) is 22.9 Å². The van der Waals surface area contributed by atoms with Gasteiger partial charge in [0.05, 0.1) is 4.92 Å². The minimum atomic E-state index is -0.364. The van der Waals surface area contributed by atoms with Crippen molar-refractivity contribution in [1.82, 2.24) is 0 Å². The highest BCUT2D eigenvalue weighted by molar-refractivity contribution is 9.09. The van der Waals surface area contributed by atoms with Gasteiger partial charge in [-0.25, -0.2) is 0 Å². The molecule has 0 amide bonds. The summed E-state index contributed by atoms with van der Waals surface area (Å²) in [6, 6.07) is 3.31. The number of alkyl halides is 1. The normalized spacial score (nSPS) is 24.5. The van der Waals surface area contributed by atoms with E-state index in [-0.39, 0.29) is 22.8 Å². The van der Waals surface area contributed by atoms with Crippen LogP contribution in [0.2, 0.25) is 0 Å². The molecule has 2 rings (SSSR count). The third-order valence-electron chi connectivity index (χ3n) is 3.66. The fraction of sp³-hybridized carbons (Fsp3) is 0.600. The number of rotatable bonds is 6. The Bertz CT molecular complexity index is 535. The van der Waals surface area contributed by atoms with E-state index >= 15 is 0 Å². The molecule has 1 saturated carbocycles. The molecule has 1 fully saturated rings. The topological polar surface area (TPSA) is 61.6 Å². The van der Waals surface area contributed by atoms with Crippen molar-refractivity contribution in [3.8, 4) is 5.75 Å². The second kappa shape index (κ2) is 6.75. The van der Waals surface area contributed by atoms with Crippen molar-refractivity contribution in [1.29, 1.82) is 0 Å². The van der Waals surface area contributed by atoms with E-state index in [0.29, 0.717) is 22.7 Å². The largest absolute Gasteiger partial charge is 0.487 e. The SMILES string of the molecule is CCCOC1C(Br)CC1Oc1cc(C)c([N+](=O)[O-])cc1C. The van der Waals surface area contributed by atoms with Crippen LogP contribution in [0.25, 0.3) is 0 Å². The van der Waals surface area contributed by atoms with Gasteiger partial charge < -0.3 is 9.47 Å². The first-order valence-corrected chi connectivity index (χ1v) is 8.03. The molecular formula is C15H20BrNO4. The first-order chi connectivity index (χ1) is 9.93. The summed E-state index contributed by atoms with van der Waals surface area (Å²) >= 11 is 3.58. The van der Waals surface area contributed by atoms with Crippen LogP contribution in [0.5, 0.6) is 5.75 Å². The summed E-state index contributed by atoms with van der Waals surface area (Å²) < 4.78 is 11.8. The van der Waals surface area contributed by atoms with Gasteiger partial charge in [0.2, 0.25) is 0 Å². The fourth-order valence-electron chi connectivity index (χ4n) is 2.37. The molecule has 0 bridgehead atoms. The van der Waals surface area contributed by atoms with E-state index < -0.39 is 0 Å². The summed E-state index contributed by atoms with van der Waals surface area (Å²) in [5.41, 5.74) is 1.52. The molecule has 0 heterocycles. The summed E-state index contributed by atoms with van der Waals surface area (Å²) in [5, 5.41) is 10.9. The van der Waals surface area contributed by atoms with Crippen molar-refractivity contribution in [2.24, 2.45) is 0 Å². The van der Waals surface area contributed by atoms with Crippen LogP contribution in [0.4, 0.5) is 5.69 Å². The van der Waals surface area contributed by atoms with Crippen LogP contribution in [0.3, 0.4) is 0 Å². The Kier molecular flexibility index (Phi) is 5.22. The van der Waals surface area contributed by atoms with Gasteiger partial charge >= 0.3 is 0 Å². The number of nitro benzene ring substituents is 1. The molecule has 1 aliphatic rings. The summed E-state index contributed by atoms with van der Waals surface area (Å²) in [7, 11) is 0. The zero-order chi connectivity index (χ0) is 15.6. The maximum absolute atomic E-state index is 10.9. The lowest BCUT2D eigenvalue weighted by atomic mass is 9.91. The molecule has 3 atom stereocenters. The van der Waals surface area contributed by atoms with Crippen molar-refractivity contribution in [3.05, 3.63) is 33.4 Å². The zero-order valence-corrected chi connectivity index (χ0v) is 14.1. The Morgan fingerprint density at radius 3 is 2.67 bits per heavy atom. The van der Waals surface area contributed by atoms with Gasteiger partial charge in [-0.05, 0) is 31.9 Å². The van der Waals surface area contributed by atoms with Crippen molar-refractivity contribution in [2.45, 2.75) is 50.6 Å². The molecule has 5 nitrogen and oxygen atoms in total. The maximum atomic E-state index is 10.9. The van der Waals surface area contributed by atoms with E-state index in [4.69, 9.17) is 9.47 Å². The lowest BCUT2D eigenvalue weighted by Crippen LogP contribution is -2.52. The maximum Gasteiger partial charge on any atom is 0.272 e. The first kappa shape index (κ1) is 16.2. The molecule has 116 valence electrons. The molecule has 3 unspecified atom stereocenters. The van der Waals surface area contributed by atoms with E-state index in [0.717, 1.165) is 18.4 Å². The Morgan fingerprint density at radius 2 is 2.10 bits per heavy atom. The predicted octanol–water partition coefficient (Wildman–Crippen LogP) is 3.92. The monoisotopic (exact) mass is 357 g/mol. The van der Waals surface area contributed by atoms with Crippen LogP contribution in [-0.4, -0.2) is 28.6 Å². The van der Waals surface area contributed by atoms with Crippen LogP contribution in [0.15, 0.2) is 12.1 Å². The van der Waals surface area contributed by atoms with Crippen LogP contribution in [-0.2, 0) is 4.74 Å². The van der Waals surface area contributed by atoms with E-state index in [1.165, 1.54) is 0 Å². The Morgan fingerprint density at radius 1 is 1.38 bits per heavy atom. The van der Waals surface area contributed by atoms with E-state index in [1.807, 2.05) is 6.92 Å². The summed E-state index contributed by atoms with van der Waals surface area (Å²) in [6.07, 6.45) is 1.89. The minimum Gasteiger partial charge on any atom is -0.487 e. The molecule has 0 radical (unpaired) electrons. The number of hydrogen-bond acceptors (Lipinski definition) is 4. The molecule has 21 heavy (non-hydrogen) atoms. The van der Waals surface area contributed by atoms with Crippen LogP contribution in [0.1, 0.15) is 30.9 Å².